The number of hydrogen-bond donors (Lipinski definition) is 2. The summed E-state index contributed by atoms with van der Waals surface area (Å²) in [5, 5.41) is 13.6. The van der Waals surface area contributed by atoms with Gasteiger partial charge in [0.25, 0.3) is 0 Å². The van der Waals surface area contributed by atoms with Gasteiger partial charge in [-0.3, -0.25) is 0 Å². The Bertz CT molecular complexity index is 727. The van der Waals surface area contributed by atoms with Gasteiger partial charge in [-0.05, 0) is 19.4 Å². The molecule has 3 rings (SSSR count). The van der Waals surface area contributed by atoms with Crippen LogP contribution >= 0.6 is 11.9 Å². The van der Waals surface area contributed by atoms with Crippen molar-refractivity contribution in [3.05, 3.63) is 48.3 Å². The van der Waals surface area contributed by atoms with E-state index >= 15 is 0 Å². The molecule has 1 aliphatic rings. The third-order valence-electron chi connectivity index (χ3n) is 4.75. The fourth-order valence-electron chi connectivity index (χ4n) is 3.34. The van der Waals surface area contributed by atoms with Crippen molar-refractivity contribution in [2.75, 3.05) is 42.1 Å². The predicted molar refractivity (Wildman–Crippen MR) is 113 cm³/mol. The van der Waals surface area contributed by atoms with Gasteiger partial charge < -0.3 is 15.3 Å². The van der Waals surface area contributed by atoms with Crippen molar-refractivity contribution < 1.29 is 5.11 Å². The summed E-state index contributed by atoms with van der Waals surface area (Å²) in [5.41, 5.74) is 0.978. The number of aliphatic hydroxyl groups is 1. The molecule has 146 valence electrons. The molecular formula is C20H29N5OS. The van der Waals surface area contributed by atoms with Crippen LogP contribution in [0.25, 0.3) is 0 Å². The molecule has 0 saturated carbocycles. The second kappa shape index (κ2) is 8.91. The number of piperazine rings is 1. The zero-order chi connectivity index (χ0) is 19.3. The van der Waals surface area contributed by atoms with Crippen LogP contribution in [0.2, 0.25) is 0 Å². The van der Waals surface area contributed by atoms with Gasteiger partial charge in [0.15, 0.2) is 0 Å². The third-order valence-corrected chi connectivity index (χ3v) is 6.00. The van der Waals surface area contributed by atoms with Crippen LogP contribution in [-0.2, 0) is 0 Å². The summed E-state index contributed by atoms with van der Waals surface area (Å²) < 4.78 is 2.47. The summed E-state index contributed by atoms with van der Waals surface area (Å²) in [6.07, 6.45) is 1.02. The number of aliphatic hydroxyl groups excluding tert-OH is 1. The fourth-order valence-corrected chi connectivity index (χ4v) is 4.27. The fraction of sp³-hybridized carbons (Fsp3) is 0.500. The molecule has 6 nitrogen and oxygen atoms in total. The lowest BCUT2D eigenvalue weighted by Crippen LogP contribution is -2.56. The standard InChI is InChI=1S/C20H29N5OS/c1-4-27-25-11-10-24(14-20(25,2)3)19-12-18(22-15-23-19)21-13-17(26)16-8-6-5-7-9-16/h5-9,12,15,17,26H,4,10-11,13-14H2,1-3H3,(H,21,22,23). The Labute approximate surface area is 166 Å². The minimum atomic E-state index is -0.571. The van der Waals surface area contributed by atoms with Crippen molar-refractivity contribution in [3.63, 3.8) is 0 Å². The number of nitrogens with zero attached hydrogens (tertiary/aromatic N) is 4. The van der Waals surface area contributed by atoms with E-state index in [1.165, 1.54) is 0 Å². The Morgan fingerprint density at radius 3 is 2.70 bits per heavy atom. The zero-order valence-corrected chi connectivity index (χ0v) is 17.1. The lowest BCUT2D eigenvalue weighted by atomic mass is 10.0. The number of anilines is 2. The van der Waals surface area contributed by atoms with Crippen LogP contribution in [0.4, 0.5) is 11.6 Å². The number of rotatable bonds is 7. The van der Waals surface area contributed by atoms with E-state index in [0.717, 1.165) is 42.6 Å². The minimum Gasteiger partial charge on any atom is -0.387 e. The number of hydrogen-bond acceptors (Lipinski definition) is 7. The van der Waals surface area contributed by atoms with Crippen molar-refractivity contribution in [1.82, 2.24) is 14.3 Å². The van der Waals surface area contributed by atoms with E-state index < -0.39 is 6.10 Å². The second-order valence-corrected chi connectivity index (χ2v) is 8.60. The first-order chi connectivity index (χ1) is 13.0. The van der Waals surface area contributed by atoms with Gasteiger partial charge >= 0.3 is 0 Å². The molecule has 0 bridgehead atoms. The van der Waals surface area contributed by atoms with Crippen molar-refractivity contribution in [3.8, 4) is 0 Å². The number of nitrogens with one attached hydrogen (secondary N) is 1. The van der Waals surface area contributed by atoms with Crippen molar-refractivity contribution in [1.29, 1.82) is 0 Å². The van der Waals surface area contributed by atoms with Crippen LogP contribution in [0.5, 0.6) is 0 Å². The van der Waals surface area contributed by atoms with Gasteiger partial charge in [-0.2, -0.15) is 0 Å². The summed E-state index contributed by atoms with van der Waals surface area (Å²) in [5.74, 6) is 2.75. The van der Waals surface area contributed by atoms with E-state index in [-0.39, 0.29) is 5.54 Å². The van der Waals surface area contributed by atoms with E-state index in [2.05, 4.69) is 45.3 Å². The Morgan fingerprint density at radius 1 is 1.22 bits per heavy atom. The van der Waals surface area contributed by atoms with Crippen LogP contribution in [0.15, 0.2) is 42.7 Å². The summed E-state index contributed by atoms with van der Waals surface area (Å²) >= 11 is 1.90. The first-order valence-corrected chi connectivity index (χ1v) is 10.4. The highest BCUT2D eigenvalue weighted by atomic mass is 32.2. The molecule has 1 aliphatic heterocycles. The van der Waals surface area contributed by atoms with Crippen LogP contribution in [0.3, 0.4) is 0 Å². The molecule has 2 aromatic rings. The summed E-state index contributed by atoms with van der Waals surface area (Å²) in [6.45, 7) is 10.0. The Balaban J connectivity index is 1.62. The highest BCUT2D eigenvalue weighted by Gasteiger charge is 2.34. The van der Waals surface area contributed by atoms with E-state index in [1.807, 2.05) is 48.3 Å². The zero-order valence-electron chi connectivity index (χ0n) is 16.3. The quantitative estimate of drug-likeness (QED) is 0.707. The average molecular weight is 388 g/mol. The van der Waals surface area contributed by atoms with E-state index in [0.29, 0.717) is 6.54 Å². The summed E-state index contributed by atoms with van der Waals surface area (Å²) in [7, 11) is 0. The maximum atomic E-state index is 10.3. The molecule has 1 atom stereocenters. The van der Waals surface area contributed by atoms with E-state index in [1.54, 1.807) is 6.33 Å². The summed E-state index contributed by atoms with van der Waals surface area (Å²) in [4.78, 5) is 11.1. The second-order valence-electron chi connectivity index (χ2n) is 7.32. The summed E-state index contributed by atoms with van der Waals surface area (Å²) in [6, 6.07) is 11.6. The van der Waals surface area contributed by atoms with Crippen molar-refractivity contribution in [2.24, 2.45) is 0 Å². The molecule has 1 aromatic carbocycles. The lowest BCUT2D eigenvalue weighted by Gasteiger charge is -2.46. The molecule has 2 N–H and O–H groups in total. The molecule has 0 radical (unpaired) electrons. The largest absolute Gasteiger partial charge is 0.387 e. The Morgan fingerprint density at radius 2 is 2.00 bits per heavy atom. The minimum absolute atomic E-state index is 0.0843. The predicted octanol–water partition coefficient (Wildman–Crippen LogP) is 3.19. The van der Waals surface area contributed by atoms with Gasteiger partial charge in [-0.1, -0.05) is 49.2 Å². The molecule has 1 unspecified atom stereocenters. The molecule has 27 heavy (non-hydrogen) atoms. The van der Waals surface area contributed by atoms with Crippen LogP contribution in [0.1, 0.15) is 32.4 Å². The van der Waals surface area contributed by atoms with Crippen LogP contribution < -0.4 is 10.2 Å². The normalized spacial score (nSPS) is 18.3. The third kappa shape index (κ3) is 5.12. The molecule has 2 heterocycles. The molecule has 1 saturated heterocycles. The smallest absolute Gasteiger partial charge is 0.134 e. The maximum Gasteiger partial charge on any atom is 0.134 e. The average Bonchev–Trinajstić information content (AvgIpc) is 2.68. The Kier molecular flexibility index (Phi) is 6.57. The van der Waals surface area contributed by atoms with Gasteiger partial charge in [0, 0.05) is 43.5 Å². The first kappa shape index (κ1) is 19.9. The van der Waals surface area contributed by atoms with Crippen LogP contribution in [0, 0.1) is 0 Å². The van der Waals surface area contributed by atoms with Gasteiger partial charge in [0.05, 0.1) is 6.10 Å². The molecule has 0 spiro atoms. The van der Waals surface area contributed by atoms with Gasteiger partial charge in [0.1, 0.15) is 18.0 Å². The number of aromatic nitrogens is 2. The molecule has 0 aliphatic carbocycles. The lowest BCUT2D eigenvalue weighted by molar-refractivity contribution is 0.191. The topological polar surface area (TPSA) is 64.5 Å². The van der Waals surface area contributed by atoms with Crippen molar-refractivity contribution >= 4 is 23.6 Å². The highest BCUT2D eigenvalue weighted by Crippen LogP contribution is 2.30. The molecule has 0 amide bonds. The van der Waals surface area contributed by atoms with Gasteiger partial charge in [0.2, 0.25) is 0 Å². The molecule has 7 heteroatoms. The number of benzene rings is 1. The SMILES string of the molecule is CCSN1CCN(c2cc(NCC(O)c3ccccc3)ncn2)CC1(C)C. The van der Waals surface area contributed by atoms with E-state index in [4.69, 9.17) is 0 Å². The van der Waals surface area contributed by atoms with Gasteiger partial charge in [-0.15, -0.1) is 0 Å². The Hall–Kier alpha value is -1.83. The van der Waals surface area contributed by atoms with Gasteiger partial charge in [-0.25, -0.2) is 14.3 Å². The van der Waals surface area contributed by atoms with E-state index in [9.17, 15) is 5.11 Å². The highest BCUT2D eigenvalue weighted by molar-refractivity contribution is 7.97. The molecule has 1 fully saturated rings. The maximum absolute atomic E-state index is 10.3. The molecular weight excluding hydrogens is 358 g/mol. The van der Waals surface area contributed by atoms with Crippen molar-refractivity contribution in [2.45, 2.75) is 32.4 Å². The monoisotopic (exact) mass is 387 g/mol. The van der Waals surface area contributed by atoms with Crippen LogP contribution in [-0.4, -0.2) is 56.9 Å². The first-order valence-electron chi connectivity index (χ1n) is 9.44. The molecule has 1 aromatic heterocycles.